The highest BCUT2D eigenvalue weighted by Gasteiger charge is 2.30. The molecule has 0 spiro atoms. The molecule has 4 nitrogen and oxygen atoms in total. The maximum absolute atomic E-state index is 11.3. The highest BCUT2D eigenvalue weighted by atomic mass is 16.4. The largest absolute Gasteiger partial charge is 0.480 e. The van der Waals surface area contributed by atoms with Gasteiger partial charge in [-0.15, -0.1) is 0 Å². The molecule has 2 heterocycles. The van der Waals surface area contributed by atoms with E-state index < -0.39 is 5.97 Å². The normalized spacial score (nSPS) is 28.4. The molecule has 2 aliphatic heterocycles. The third kappa shape index (κ3) is 4.19. The van der Waals surface area contributed by atoms with E-state index in [1.807, 2.05) is 6.92 Å². The van der Waals surface area contributed by atoms with Crippen molar-refractivity contribution in [2.75, 3.05) is 32.7 Å². The SMILES string of the molecule is CC[C@H](C(=O)O)N1CCC[C@@H](CN2CCC(C)CC2)C1. The number of hydrogen-bond acceptors (Lipinski definition) is 3. The first-order chi connectivity index (χ1) is 9.60. The third-order valence-corrected chi connectivity index (χ3v) is 5.06. The molecule has 0 saturated carbocycles. The maximum Gasteiger partial charge on any atom is 0.320 e. The Kier molecular flexibility index (Phi) is 5.85. The Balaban J connectivity index is 1.82. The summed E-state index contributed by atoms with van der Waals surface area (Å²) in [4.78, 5) is 16.1. The number of likely N-dealkylation sites (tertiary alicyclic amines) is 2. The van der Waals surface area contributed by atoms with E-state index in [1.165, 1.54) is 38.9 Å². The standard InChI is InChI=1S/C16H30N2O2/c1-3-15(16(19)20)18-8-4-5-14(12-18)11-17-9-6-13(2)7-10-17/h13-15H,3-12H2,1-2H3,(H,19,20)/t14-,15+/m0/s1. The molecule has 2 saturated heterocycles. The summed E-state index contributed by atoms with van der Waals surface area (Å²) >= 11 is 0. The van der Waals surface area contributed by atoms with Crippen LogP contribution < -0.4 is 0 Å². The monoisotopic (exact) mass is 282 g/mol. The number of carboxylic acid groups (broad SMARTS) is 1. The number of piperidine rings is 2. The zero-order chi connectivity index (χ0) is 14.5. The molecule has 4 heteroatoms. The molecule has 2 aliphatic rings. The zero-order valence-electron chi connectivity index (χ0n) is 13.1. The van der Waals surface area contributed by atoms with Gasteiger partial charge < -0.3 is 10.0 Å². The van der Waals surface area contributed by atoms with Gasteiger partial charge in [-0.1, -0.05) is 13.8 Å². The van der Waals surface area contributed by atoms with Crippen molar-refractivity contribution in [3.63, 3.8) is 0 Å². The number of carboxylic acids is 1. The van der Waals surface area contributed by atoms with E-state index in [4.69, 9.17) is 0 Å². The molecule has 0 aliphatic carbocycles. The molecule has 0 radical (unpaired) electrons. The smallest absolute Gasteiger partial charge is 0.320 e. The van der Waals surface area contributed by atoms with Gasteiger partial charge >= 0.3 is 5.97 Å². The summed E-state index contributed by atoms with van der Waals surface area (Å²) in [6.07, 6.45) is 5.77. The van der Waals surface area contributed by atoms with Crippen molar-refractivity contribution in [2.45, 2.75) is 52.0 Å². The van der Waals surface area contributed by atoms with Crippen LogP contribution in [-0.2, 0) is 4.79 Å². The van der Waals surface area contributed by atoms with Crippen molar-refractivity contribution in [1.29, 1.82) is 0 Å². The molecule has 116 valence electrons. The van der Waals surface area contributed by atoms with Crippen LogP contribution in [-0.4, -0.2) is 59.6 Å². The second-order valence-corrected chi connectivity index (χ2v) is 6.75. The first-order valence-corrected chi connectivity index (χ1v) is 8.29. The molecule has 1 N–H and O–H groups in total. The lowest BCUT2D eigenvalue weighted by Gasteiger charge is -2.39. The third-order valence-electron chi connectivity index (χ3n) is 5.06. The quantitative estimate of drug-likeness (QED) is 0.840. The molecule has 0 bridgehead atoms. The average Bonchev–Trinajstić information content (AvgIpc) is 2.42. The number of carbonyl (C=O) groups is 1. The summed E-state index contributed by atoms with van der Waals surface area (Å²) in [5, 5.41) is 9.31. The molecule has 0 unspecified atom stereocenters. The lowest BCUT2D eigenvalue weighted by molar-refractivity contribution is -0.144. The van der Waals surface area contributed by atoms with Crippen LogP contribution in [0.2, 0.25) is 0 Å². The van der Waals surface area contributed by atoms with Gasteiger partial charge in [0.25, 0.3) is 0 Å². The Morgan fingerprint density at radius 3 is 2.55 bits per heavy atom. The second-order valence-electron chi connectivity index (χ2n) is 6.75. The van der Waals surface area contributed by atoms with Crippen LogP contribution in [0.1, 0.15) is 46.0 Å². The van der Waals surface area contributed by atoms with Crippen LogP contribution in [0, 0.1) is 11.8 Å². The van der Waals surface area contributed by atoms with E-state index in [2.05, 4.69) is 16.7 Å². The minimum Gasteiger partial charge on any atom is -0.480 e. The fraction of sp³-hybridized carbons (Fsp3) is 0.938. The molecule has 0 aromatic heterocycles. The van der Waals surface area contributed by atoms with Gasteiger partial charge in [0.15, 0.2) is 0 Å². The summed E-state index contributed by atoms with van der Waals surface area (Å²) in [5.41, 5.74) is 0. The summed E-state index contributed by atoms with van der Waals surface area (Å²) in [6.45, 7) is 9.88. The van der Waals surface area contributed by atoms with Gasteiger partial charge in [-0.05, 0) is 63.6 Å². The average molecular weight is 282 g/mol. The van der Waals surface area contributed by atoms with Crippen LogP contribution in [0.4, 0.5) is 0 Å². The van der Waals surface area contributed by atoms with Gasteiger partial charge in [0.05, 0.1) is 0 Å². The predicted molar refractivity (Wildman–Crippen MR) is 80.8 cm³/mol. The zero-order valence-corrected chi connectivity index (χ0v) is 13.1. The molecule has 20 heavy (non-hydrogen) atoms. The van der Waals surface area contributed by atoms with Gasteiger partial charge in [0.2, 0.25) is 0 Å². The molecule has 0 aromatic carbocycles. The van der Waals surface area contributed by atoms with Gasteiger partial charge in [0.1, 0.15) is 6.04 Å². The van der Waals surface area contributed by atoms with E-state index in [9.17, 15) is 9.90 Å². The molecule has 2 rings (SSSR count). The minimum absolute atomic E-state index is 0.279. The number of nitrogens with zero attached hydrogens (tertiary/aromatic N) is 2. The molecular weight excluding hydrogens is 252 g/mol. The fourth-order valence-corrected chi connectivity index (χ4v) is 3.73. The highest BCUT2D eigenvalue weighted by Crippen LogP contribution is 2.23. The molecule has 0 aromatic rings. The van der Waals surface area contributed by atoms with Gasteiger partial charge in [-0.25, -0.2) is 0 Å². The van der Waals surface area contributed by atoms with Crippen LogP contribution in [0.5, 0.6) is 0 Å². The Morgan fingerprint density at radius 1 is 1.25 bits per heavy atom. The van der Waals surface area contributed by atoms with Crippen molar-refractivity contribution >= 4 is 5.97 Å². The van der Waals surface area contributed by atoms with E-state index in [0.29, 0.717) is 12.3 Å². The van der Waals surface area contributed by atoms with E-state index in [1.54, 1.807) is 0 Å². The lowest BCUT2D eigenvalue weighted by atomic mass is 9.93. The Morgan fingerprint density at radius 2 is 1.95 bits per heavy atom. The first kappa shape index (κ1) is 15.8. The molecule has 2 atom stereocenters. The van der Waals surface area contributed by atoms with Crippen LogP contribution in [0.25, 0.3) is 0 Å². The molecule has 2 fully saturated rings. The second kappa shape index (κ2) is 7.41. The number of hydrogen-bond donors (Lipinski definition) is 1. The first-order valence-electron chi connectivity index (χ1n) is 8.29. The summed E-state index contributed by atoms with van der Waals surface area (Å²) < 4.78 is 0. The van der Waals surface area contributed by atoms with E-state index in [0.717, 1.165) is 25.4 Å². The van der Waals surface area contributed by atoms with Gasteiger partial charge in [0, 0.05) is 13.1 Å². The van der Waals surface area contributed by atoms with Crippen molar-refractivity contribution < 1.29 is 9.90 Å². The van der Waals surface area contributed by atoms with Crippen molar-refractivity contribution in [2.24, 2.45) is 11.8 Å². The van der Waals surface area contributed by atoms with Gasteiger partial charge in [-0.2, -0.15) is 0 Å². The van der Waals surface area contributed by atoms with Crippen LogP contribution >= 0.6 is 0 Å². The minimum atomic E-state index is -0.653. The van der Waals surface area contributed by atoms with Gasteiger partial charge in [-0.3, -0.25) is 9.69 Å². The van der Waals surface area contributed by atoms with Crippen molar-refractivity contribution in [1.82, 2.24) is 9.80 Å². The van der Waals surface area contributed by atoms with Crippen LogP contribution in [0.15, 0.2) is 0 Å². The number of rotatable bonds is 5. The number of aliphatic carboxylic acids is 1. The predicted octanol–water partition coefficient (Wildman–Crippen LogP) is 2.29. The topological polar surface area (TPSA) is 43.8 Å². The fourth-order valence-electron chi connectivity index (χ4n) is 3.73. The van der Waals surface area contributed by atoms with Crippen molar-refractivity contribution in [3.8, 4) is 0 Å². The summed E-state index contributed by atoms with van der Waals surface area (Å²) in [6, 6.07) is -0.279. The Bertz CT molecular complexity index is 314. The Hall–Kier alpha value is -0.610. The van der Waals surface area contributed by atoms with E-state index >= 15 is 0 Å². The lowest BCUT2D eigenvalue weighted by Crippen LogP contribution is -2.49. The highest BCUT2D eigenvalue weighted by molar-refractivity contribution is 5.73. The summed E-state index contributed by atoms with van der Waals surface area (Å²) in [5.74, 6) is 0.885. The Labute approximate surface area is 123 Å². The van der Waals surface area contributed by atoms with E-state index in [-0.39, 0.29) is 6.04 Å². The maximum atomic E-state index is 11.3. The van der Waals surface area contributed by atoms with Crippen molar-refractivity contribution in [3.05, 3.63) is 0 Å². The molecular formula is C16H30N2O2. The van der Waals surface area contributed by atoms with Crippen LogP contribution in [0.3, 0.4) is 0 Å². The summed E-state index contributed by atoms with van der Waals surface area (Å²) in [7, 11) is 0. The molecule has 0 amide bonds.